The highest BCUT2D eigenvalue weighted by Crippen LogP contribution is 2.42. The number of hydrogen-bond donors (Lipinski definition) is 0. The summed E-state index contributed by atoms with van der Waals surface area (Å²) < 4.78 is 4.81. The molecule has 0 radical (unpaired) electrons. The Labute approximate surface area is 463 Å². The third-order valence-corrected chi connectivity index (χ3v) is 15.6. The fourth-order valence-electron chi connectivity index (χ4n) is 11.7. The Balaban J connectivity index is 0.900. The van der Waals surface area contributed by atoms with Gasteiger partial charge in [0.05, 0.1) is 27.8 Å². The van der Waals surface area contributed by atoms with Gasteiger partial charge in [0.25, 0.3) is 0 Å². The molecule has 15 aromatic rings. The molecule has 0 aliphatic rings. The van der Waals surface area contributed by atoms with Crippen LogP contribution in [-0.4, -0.2) is 24.1 Å². The SMILES string of the molecule is c1ccc(-c2ccc3c(c2)c2cc(-c4ccccc4)ccc2n3-c2cccc(-c3nc(-c4ccccc4)nc(-c4ccc(-n5c6ccc(-c7ccccc7)cc6c6cc(-c7ccccc7)ccc65)c(-c5ccccc5)c4)n3)c2)cc1. The summed E-state index contributed by atoms with van der Waals surface area (Å²) in [4.78, 5) is 16.0. The summed E-state index contributed by atoms with van der Waals surface area (Å²) >= 11 is 0. The minimum atomic E-state index is 0.587. The van der Waals surface area contributed by atoms with Gasteiger partial charge in [-0.1, -0.05) is 218 Å². The molecule has 0 fully saturated rings. The average Bonchev–Trinajstić information content (AvgIpc) is 4.27. The van der Waals surface area contributed by atoms with Crippen LogP contribution in [0.3, 0.4) is 0 Å². The molecule has 0 aliphatic carbocycles. The third kappa shape index (κ3) is 8.33. The zero-order chi connectivity index (χ0) is 52.9. The van der Waals surface area contributed by atoms with E-state index in [1.54, 1.807) is 0 Å². The highest BCUT2D eigenvalue weighted by molar-refractivity contribution is 6.13. The van der Waals surface area contributed by atoms with E-state index >= 15 is 0 Å². The molecule has 374 valence electrons. The second kappa shape index (κ2) is 19.7. The van der Waals surface area contributed by atoms with Crippen LogP contribution in [0.2, 0.25) is 0 Å². The second-order valence-electron chi connectivity index (χ2n) is 20.4. The smallest absolute Gasteiger partial charge is 0.164 e. The Kier molecular flexibility index (Phi) is 11.4. The van der Waals surface area contributed by atoms with Crippen molar-refractivity contribution >= 4 is 43.6 Å². The standard InChI is InChI=1S/C75H49N5/c1-7-20-50(21-8-1)56-34-39-69-64(45-56)65-46-57(51-22-9-2-10-23-51)35-40-70(65)79(69)62-33-19-32-60(44-62)74-76-73(55-30-17-6-18-31-55)77-75(78-74)61-38-43-68(63(49-61)54-28-15-5-16-29-54)80-71-41-36-58(52-24-11-3-12-25-52)47-66(71)67-48-59(37-42-72(67)80)53-26-13-4-14-27-53/h1-49H. The van der Waals surface area contributed by atoms with Crippen LogP contribution in [0.25, 0.3) is 145 Å². The monoisotopic (exact) mass is 1020 g/mol. The lowest BCUT2D eigenvalue weighted by atomic mass is 9.99. The number of fused-ring (bicyclic) bond motifs is 6. The van der Waals surface area contributed by atoms with Crippen molar-refractivity contribution in [1.29, 1.82) is 0 Å². The summed E-state index contributed by atoms with van der Waals surface area (Å²) in [5.74, 6) is 1.78. The lowest BCUT2D eigenvalue weighted by molar-refractivity contribution is 1.07. The predicted molar refractivity (Wildman–Crippen MR) is 332 cm³/mol. The zero-order valence-electron chi connectivity index (χ0n) is 43.5. The Hall–Kier alpha value is -10.8. The number of hydrogen-bond acceptors (Lipinski definition) is 3. The van der Waals surface area contributed by atoms with E-state index in [0.717, 1.165) is 61.3 Å². The van der Waals surface area contributed by atoms with Crippen molar-refractivity contribution < 1.29 is 0 Å². The van der Waals surface area contributed by atoms with Gasteiger partial charge in [0.15, 0.2) is 17.5 Å². The maximum atomic E-state index is 5.40. The van der Waals surface area contributed by atoms with Gasteiger partial charge in [-0.2, -0.15) is 0 Å². The molecule has 0 saturated heterocycles. The number of nitrogens with zero attached hydrogens (tertiary/aromatic N) is 5. The summed E-state index contributed by atoms with van der Waals surface area (Å²) in [6.45, 7) is 0. The molecule has 0 unspecified atom stereocenters. The topological polar surface area (TPSA) is 48.5 Å². The van der Waals surface area contributed by atoms with Crippen LogP contribution >= 0.6 is 0 Å². The summed E-state index contributed by atoms with van der Waals surface area (Å²) in [7, 11) is 0. The average molecular weight is 1020 g/mol. The highest BCUT2D eigenvalue weighted by atomic mass is 15.0. The van der Waals surface area contributed by atoms with E-state index in [4.69, 9.17) is 15.0 Å². The number of rotatable bonds is 10. The van der Waals surface area contributed by atoms with Crippen LogP contribution in [-0.2, 0) is 0 Å². The fraction of sp³-hybridized carbons (Fsp3) is 0. The van der Waals surface area contributed by atoms with Gasteiger partial charge in [-0.15, -0.1) is 0 Å². The summed E-state index contributed by atoms with van der Waals surface area (Å²) in [5.41, 5.74) is 20.8. The maximum Gasteiger partial charge on any atom is 0.164 e. The molecule has 15 rings (SSSR count). The van der Waals surface area contributed by atoms with Gasteiger partial charge in [-0.05, 0) is 129 Å². The quantitative estimate of drug-likeness (QED) is 0.137. The molecular weight excluding hydrogens is 971 g/mol. The van der Waals surface area contributed by atoms with Gasteiger partial charge in [0.1, 0.15) is 0 Å². The summed E-state index contributed by atoms with van der Waals surface area (Å²) in [6.07, 6.45) is 0. The van der Waals surface area contributed by atoms with Gasteiger partial charge in [-0.25, -0.2) is 15.0 Å². The largest absolute Gasteiger partial charge is 0.309 e. The molecule has 3 heterocycles. The third-order valence-electron chi connectivity index (χ3n) is 15.6. The van der Waals surface area contributed by atoms with E-state index < -0.39 is 0 Å². The van der Waals surface area contributed by atoms with E-state index in [1.807, 2.05) is 18.2 Å². The minimum absolute atomic E-state index is 0.587. The van der Waals surface area contributed by atoms with Crippen molar-refractivity contribution in [2.75, 3.05) is 0 Å². The van der Waals surface area contributed by atoms with Crippen molar-refractivity contribution in [3.8, 4) is 101 Å². The van der Waals surface area contributed by atoms with Crippen LogP contribution in [0.5, 0.6) is 0 Å². The normalized spacial score (nSPS) is 11.5. The van der Waals surface area contributed by atoms with Gasteiger partial charge < -0.3 is 9.13 Å². The van der Waals surface area contributed by atoms with E-state index in [0.29, 0.717) is 17.5 Å². The van der Waals surface area contributed by atoms with Gasteiger partial charge in [-0.3, -0.25) is 0 Å². The second-order valence-corrected chi connectivity index (χ2v) is 20.4. The molecule has 0 aliphatic heterocycles. The van der Waals surface area contributed by atoms with Gasteiger partial charge in [0, 0.05) is 49.5 Å². The van der Waals surface area contributed by atoms with Crippen LogP contribution in [0.4, 0.5) is 0 Å². The minimum Gasteiger partial charge on any atom is -0.309 e. The van der Waals surface area contributed by atoms with E-state index in [-0.39, 0.29) is 0 Å². The number of aromatic nitrogens is 5. The van der Waals surface area contributed by atoms with Gasteiger partial charge >= 0.3 is 0 Å². The lowest BCUT2D eigenvalue weighted by Gasteiger charge is -2.16. The fourth-order valence-corrected chi connectivity index (χ4v) is 11.7. The molecule has 5 nitrogen and oxygen atoms in total. The van der Waals surface area contributed by atoms with Crippen LogP contribution in [0, 0.1) is 0 Å². The van der Waals surface area contributed by atoms with Crippen molar-refractivity contribution in [3.05, 3.63) is 297 Å². The molecule has 0 amide bonds. The van der Waals surface area contributed by atoms with E-state index in [1.165, 1.54) is 66.1 Å². The molecule has 3 aromatic heterocycles. The Bertz CT molecular complexity index is 4590. The molecule has 80 heavy (non-hydrogen) atoms. The molecule has 0 N–H and O–H groups in total. The number of benzene rings is 12. The summed E-state index contributed by atoms with van der Waals surface area (Å²) in [6, 6.07) is 106. The molecule has 0 bridgehead atoms. The van der Waals surface area contributed by atoms with Crippen LogP contribution in [0.15, 0.2) is 297 Å². The maximum absolute atomic E-state index is 5.40. The van der Waals surface area contributed by atoms with Crippen molar-refractivity contribution in [2.24, 2.45) is 0 Å². The Morgan fingerprint density at radius 3 is 0.912 bits per heavy atom. The molecule has 0 spiro atoms. The first-order chi connectivity index (χ1) is 39.6. The Morgan fingerprint density at radius 2 is 0.512 bits per heavy atom. The lowest BCUT2D eigenvalue weighted by Crippen LogP contribution is -2.02. The first-order valence-electron chi connectivity index (χ1n) is 27.2. The van der Waals surface area contributed by atoms with Crippen LogP contribution < -0.4 is 0 Å². The van der Waals surface area contributed by atoms with Crippen molar-refractivity contribution in [3.63, 3.8) is 0 Å². The highest BCUT2D eigenvalue weighted by Gasteiger charge is 2.22. The molecule has 0 atom stereocenters. The first-order valence-corrected chi connectivity index (χ1v) is 27.2. The Morgan fingerprint density at radius 1 is 0.200 bits per heavy atom. The van der Waals surface area contributed by atoms with Gasteiger partial charge in [0.2, 0.25) is 0 Å². The first kappa shape index (κ1) is 46.5. The zero-order valence-corrected chi connectivity index (χ0v) is 43.5. The molecule has 5 heteroatoms. The van der Waals surface area contributed by atoms with E-state index in [9.17, 15) is 0 Å². The van der Waals surface area contributed by atoms with E-state index in [2.05, 4.69) is 288 Å². The molecular formula is C75H49N5. The predicted octanol–water partition coefficient (Wildman–Crippen LogP) is 19.4. The van der Waals surface area contributed by atoms with Crippen LogP contribution in [0.1, 0.15) is 0 Å². The van der Waals surface area contributed by atoms with Crippen molar-refractivity contribution in [2.45, 2.75) is 0 Å². The summed E-state index contributed by atoms with van der Waals surface area (Å²) in [5, 5.41) is 4.75. The van der Waals surface area contributed by atoms with Crippen molar-refractivity contribution in [1.82, 2.24) is 24.1 Å². The molecule has 12 aromatic carbocycles. The molecule has 0 saturated carbocycles.